The van der Waals surface area contributed by atoms with E-state index in [-0.39, 0.29) is 5.97 Å². The van der Waals surface area contributed by atoms with Gasteiger partial charge in [-0.25, -0.2) is 0 Å². The Morgan fingerprint density at radius 2 is 2.11 bits per heavy atom. The Bertz CT molecular complexity index is 662. The smallest absolute Gasteiger partial charge is 0.315 e. The second-order valence-corrected chi connectivity index (χ2v) is 5.25. The molecule has 0 spiro atoms. The Labute approximate surface area is 112 Å². The maximum absolute atomic E-state index is 11.6. The fraction of sp³-hybridized carbons (Fsp3) is 0.235. The van der Waals surface area contributed by atoms with Gasteiger partial charge in [0.1, 0.15) is 5.76 Å². The quantitative estimate of drug-likeness (QED) is 0.656. The van der Waals surface area contributed by atoms with Gasteiger partial charge in [-0.15, -0.1) is 0 Å². The lowest BCUT2D eigenvalue weighted by atomic mass is 9.82. The highest BCUT2D eigenvalue weighted by Crippen LogP contribution is 2.44. The molecule has 0 unspecified atom stereocenters. The van der Waals surface area contributed by atoms with Crippen LogP contribution in [0.3, 0.4) is 0 Å². The summed E-state index contributed by atoms with van der Waals surface area (Å²) in [6.45, 7) is 0. The van der Waals surface area contributed by atoms with Gasteiger partial charge in [0.25, 0.3) is 0 Å². The maximum atomic E-state index is 11.6. The molecule has 0 radical (unpaired) electrons. The average Bonchev–Trinajstić information content (AvgIpc) is 2.70. The molecule has 2 aliphatic carbocycles. The van der Waals surface area contributed by atoms with Crippen molar-refractivity contribution in [2.45, 2.75) is 19.3 Å². The molecule has 1 saturated heterocycles. The van der Waals surface area contributed by atoms with Crippen molar-refractivity contribution in [3.8, 4) is 0 Å². The highest BCUT2D eigenvalue weighted by molar-refractivity contribution is 5.90. The van der Waals surface area contributed by atoms with Crippen molar-refractivity contribution < 1.29 is 9.53 Å². The lowest BCUT2D eigenvalue weighted by Gasteiger charge is -2.23. The summed E-state index contributed by atoms with van der Waals surface area (Å²) in [6.07, 6.45) is 9.12. The fourth-order valence-electron chi connectivity index (χ4n) is 3.22. The molecule has 0 aromatic heterocycles. The van der Waals surface area contributed by atoms with Gasteiger partial charge in [-0.3, -0.25) is 4.79 Å². The molecular formula is C17H14O2. The van der Waals surface area contributed by atoms with Crippen LogP contribution in [0.1, 0.15) is 30.4 Å². The lowest BCUT2D eigenvalue weighted by Crippen LogP contribution is -2.08. The van der Waals surface area contributed by atoms with Gasteiger partial charge in [0, 0.05) is 17.1 Å². The van der Waals surface area contributed by atoms with E-state index in [2.05, 4.69) is 30.4 Å². The Morgan fingerprint density at radius 1 is 1.21 bits per heavy atom. The standard InChI is InChI=1S/C17H14O2/c18-15-10-13-6-3-5-12-9-8-11-4-1-2-7-14(11)16(12)17(13)19-15/h1-2,4,6-9,12H,3,5,10H2/t12-/m1/s1. The zero-order chi connectivity index (χ0) is 12.8. The highest BCUT2D eigenvalue weighted by atomic mass is 16.5. The van der Waals surface area contributed by atoms with Crippen molar-refractivity contribution >= 4 is 17.6 Å². The molecule has 0 amide bonds. The molecule has 4 rings (SSSR count). The second kappa shape index (κ2) is 3.95. The van der Waals surface area contributed by atoms with Crippen LogP contribution in [0.5, 0.6) is 0 Å². The van der Waals surface area contributed by atoms with Crippen LogP contribution in [0.4, 0.5) is 0 Å². The summed E-state index contributed by atoms with van der Waals surface area (Å²) in [5, 5.41) is 0. The van der Waals surface area contributed by atoms with Gasteiger partial charge in [-0.1, -0.05) is 42.5 Å². The molecule has 1 aromatic carbocycles. The van der Waals surface area contributed by atoms with E-state index in [1.54, 1.807) is 0 Å². The molecule has 1 fully saturated rings. The van der Waals surface area contributed by atoms with Gasteiger partial charge in [-0.2, -0.15) is 0 Å². The third-order valence-electron chi connectivity index (χ3n) is 4.09. The number of carbonyl (C=O) groups excluding carboxylic acids is 1. The van der Waals surface area contributed by atoms with Gasteiger partial charge in [0.2, 0.25) is 0 Å². The number of fused-ring (bicyclic) bond motifs is 4. The van der Waals surface area contributed by atoms with Crippen LogP contribution in [0.2, 0.25) is 0 Å². The third kappa shape index (κ3) is 1.60. The molecule has 0 N–H and O–H groups in total. The number of hydrogen-bond acceptors (Lipinski definition) is 2. The molecule has 1 heterocycles. The number of ether oxygens (including phenoxy) is 1. The fourth-order valence-corrected chi connectivity index (χ4v) is 3.22. The van der Waals surface area contributed by atoms with E-state index in [1.807, 2.05) is 12.1 Å². The molecule has 19 heavy (non-hydrogen) atoms. The Morgan fingerprint density at radius 3 is 3.05 bits per heavy atom. The zero-order valence-corrected chi connectivity index (χ0v) is 10.6. The van der Waals surface area contributed by atoms with Gasteiger partial charge < -0.3 is 4.74 Å². The summed E-state index contributed by atoms with van der Waals surface area (Å²) >= 11 is 0. The predicted molar refractivity (Wildman–Crippen MR) is 73.9 cm³/mol. The summed E-state index contributed by atoms with van der Waals surface area (Å²) in [7, 11) is 0. The number of esters is 1. The van der Waals surface area contributed by atoms with Crippen molar-refractivity contribution in [1.29, 1.82) is 0 Å². The van der Waals surface area contributed by atoms with E-state index in [0.717, 1.165) is 24.2 Å². The van der Waals surface area contributed by atoms with Gasteiger partial charge in [0.15, 0.2) is 0 Å². The molecule has 0 saturated carbocycles. The Balaban J connectivity index is 1.98. The first kappa shape index (κ1) is 10.8. The van der Waals surface area contributed by atoms with E-state index in [9.17, 15) is 4.79 Å². The summed E-state index contributed by atoms with van der Waals surface area (Å²) in [4.78, 5) is 11.6. The van der Waals surface area contributed by atoms with Crippen LogP contribution < -0.4 is 0 Å². The molecule has 1 aromatic rings. The van der Waals surface area contributed by atoms with Crippen molar-refractivity contribution in [2.75, 3.05) is 0 Å². The van der Waals surface area contributed by atoms with Crippen LogP contribution in [0.15, 0.2) is 47.7 Å². The lowest BCUT2D eigenvalue weighted by molar-refractivity contribution is -0.135. The van der Waals surface area contributed by atoms with E-state index in [4.69, 9.17) is 4.74 Å². The first-order valence-electron chi connectivity index (χ1n) is 6.75. The Kier molecular flexibility index (Phi) is 2.25. The topological polar surface area (TPSA) is 26.3 Å². The molecule has 2 heteroatoms. The summed E-state index contributed by atoms with van der Waals surface area (Å²) in [5.74, 6) is 1.07. The maximum Gasteiger partial charge on any atom is 0.315 e. The molecule has 2 nitrogen and oxygen atoms in total. The SMILES string of the molecule is O=C1CC2=CCC[C@@H]3C=Cc4ccccc4C3=C2O1. The van der Waals surface area contributed by atoms with Gasteiger partial charge >= 0.3 is 5.97 Å². The zero-order valence-electron chi connectivity index (χ0n) is 10.6. The van der Waals surface area contributed by atoms with Crippen LogP contribution in [-0.2, 0) is 9.53 Å². The van der Waals surface area contributed by atoms with Crippen LogP contribution in [0.25, 0.3) is 11.6 Å². The number of hydrogen-bond donors (Lipinski definition) is 0. The molecule has 3 aliphatic rings. The summed E-state index contributed by atoms with van der Waals surface area (Å²) < 4.78 is 5.51. The minimum atomic E-state index is -0.124. The summed E-state index contributed by atoms with van der Waals surface area (Å²) in [5.41, 5.74) is 4.71. The number of carbonyl (C=O) groups is 1. The molecular weight excluding hydrogens is 236 g/mol. The molecule has 1 aliphatic heterocycles. The predicted octanol–water partition coefficient (Wildman–Crippen LogP) is 3.71. The van der Waals surface area contributed by atoms with Gasteiger partial charge in [-0.05, 0) is 24.0 Å². The molecule has 0 bridgehead atoms. The van der Waals surface area contributed by atoms with Gasteiger partial charge in [0.05, 0.1) is 6.42 Å². The molecule has 94 valence electrons. The minimum absolute atomic E-state index is 0.124. The largest absolute Gasteiger partial charge is 0.426 e. The van der Waals surface area contributed by atoms with Crippen LogP contribution in [-0.4, -0.2) is 5.97 Å². The van der Waals surface area contributed by atoms with E-state index >= 15 is 0 Å². The Hall–Kier alpha value is -2.09. The summed E-state index contributed by atoms with van der Waals surface area (Å²) in [6, 6.07) is 8.33. The van der Waals surface area contributed by atoms with E-state index < -0.39 is 0 Å². The van der Waals surface area contributed by atoms with Crippen LogP contribution in [0, 0.1) is 5.92 Å². The van der Waals surface area contributed by atoms with E-state index in [1.165, 1.54) is 16.7 Å². The number of benzene rings is 1. The number of allylic oxidation sites excluding steroid dienone is 4. The highest BCUT2D eigenvalue weighted by Gasteiger charge is 2.33. The average molecular weight is 250 g/mol. The van der Waals surface area contributed by atoms with Crippen molar-refractivity contribution in [1.82, 2.24) is 0 Å². The van der Waals surface area contributed by atoms with Crippen molar-refractivity contribution in [3.63, 3.8) is 0 Å². The second-order valence-electron chi connectivity index (χ2n) is 5.25. The third-order valence-corrected chi connectivity index (χ3v) is 4.09. The van der Waals surface area contributed by atoms with Crippen molar-refractivity contribution in [2.24, 2.45) is 5.92 Å². The minimum Gasteiger partial charge on any atom is -0.426 e. The molecule has 1 atom stereocenters. The monoisotopic (exact) mass is 250 g/mol. The number of rotatable bonds is 0. The first-order chi connectivity index (χ1) is 9.33. The first-order valence-corrected chi connectivity index (χ1v) is 6.75. The van der Waals surface area contributed by atoms with E-state index in [0.29, 0.717) is 12.3 Å². The van der Waals surface area contributed by atoms with Crippen LogP contribution >= 0.6 is 0 Å². The van der Waals surface area contributed by atoms with Crippen molar-refractivity contribution in [3.05, 3.63) is 58.9 Å². The normalized spacial score (nSPS) is 24.1.